The Morgan fingerprint density at radius 3 is 2.68 bits per heavy atom. The van der Waals surface area contributed by atoms with Crippen molar-refractivity contribution in [1.29, 1.82) is 0 Å². The zero-order chi connectivity index (χ0) is 14.1. The van der Waals surface area contributed by atoms with E-state index in [0.29, 0.717) is 19.5 Å². The van der Waals surface area contributed by atoms with Gasteiger partial charge in [-0.3, -0.25) is 0 Å². The molecule has 0 radical (unpaired) electrons. The Kier molecular flexibility index (Phi) is 7.90. The van der Waals surface area contributed by atoms with E-state index in [-0.39, 0.29) is 11.9 Å². The van der Waals surface area contributed by atoms with Gasteiger partial charge in [0.05, 0.1) is 11.9 Å². The van der Waals surface area contributed by atoms with E-state index in [1.807, 2.05) is 6.92 Å². The molecule has 1 unspecified atom stereocenters. The summed E-state index contributed by atoms with van der Waals surface area (Å²) in [4.78, 5) is 0. The minimum Gasteiger partial charge on any atom is -0.377 e. The van der Waals surface area contributed by atoms with Crippen molar-refractivity contribution in [3.8, 4) is 0 Å². The predicted octanol–water partition coefficient (Wildman–Crippen LogP) is 1.21. The molecule has 0 spiro atoms. The average molecular weight is 292 g/mol. The molecule has 1 rings (SSSR count). The molecule has 1 heterocycles. The smallest absolute Gasteiger partial charge is 0.214 e. The van der Waals surface area contributed by atoms with Crippen LogP contribution in [0.2, 0.25) is 0 Å². The zero-order valence-corrected chi connectivity index (χ0v) is 13.0. The van der Waals surface area contributed by atoms with Crippen molar-refractivity contribution in [3.05, 3.63) is 0 Å². The van der Waals surface area contributed by atoms with E-state index in [1.165, 1.54) is 0 Å². The third-order valence-electron chi connectivity index (χ3n) is 3.36. The van der Waals surface area contributed by atoms with Gasteiger partial charge in [-0.15, -0.1) is 0 Å². The van der Waals surface area contributed by atoms with Gasteiger partial charge in [-0.1, -0.05) is 13.8 Å². The summed E-state index contributed by atoms with van der Waals surface area (Å²) < 4.78 is 31.5. The molecular formula is C13H28N2O3S. The van der Waals surface area contributed by atoms with Crippen LogP contribution in [0.5, 0.6) is 0 Å². The number of hydrogen-bond donors (Lipinski definition) is 1. The first-order chi connectivity index (χ1) is 9.10. The van der Waals surface area contributed by atoms with Crippen LogP contribution in [0.15, 0.2) is 0 Å². The Morgan fingerprint density at radius 1 is 1.32 bits per heavy atom. The minimum atomic E-state index is -3.13. The van der Waals surface area contributed by atoms with Crippen LogP contribution in [0.3, 0.4) is 0 Å². The SMILES string of the molecule is CCCNCCCS(=O)(=O)N(CC)CC1CCCO1. The highest BCUT2D eigenvalue weighted by molar-refractivity contribution is 7.89. The number of likely N-dealkylation sites (N-methyl/N-ethyl adjacent to an activating group) is 1. The van der Waals surface area contributed by atoms with Crippen LogP contribution in [0.1, 0.15) is 39.5 Å². The van der Waals surface area contributed by atoms with E-state index in [4.69, 9.17) is 4.74 Å². The lowest BCUT2D eigenvalue weighted by Crippen LogP contribution is -2.39. The molecule has 1 aliphatic rings. The third kappa shape index (κ3) is 6.21. The lowest BCUT2D eigenvalue weighted by molar-refractivity contribution is 0.0947. The van der Waals surface area contributed by atoms with Gasteiger partial charge in [-0.05, 0) is 38.8 Å². The normalized spacial score (nSPS) is 20.3. The van der Waals surface area contributed by atoms with E-state index >= 15 is 0 Å². The van der Waals surface area contributed by atoms with Gasteiger partial charge < -0.3 is 10.1 Å². The lowest BCUT2D eigenvalue weighted by atomic mass is 10.2. The van der Waals surface area contributed by atoms with E-state index in [9.17, 15) is 8.42 Å². The molecule has 1 atom stereocenters. The van der Waals surface area contributed by atoms with E-state index in [1.54, 1.807) is 4.31 Å². The molecule has 0 saturated carbocycles. The summed E-state index contributed by atoms with van der Waals surface area (Å²) in [5, 5.41) is 3.23. The molecule has 1 aliphatic heterocycles. The van der Waals surface area contributed by atoms with Gasteiger partial charge in [0.25, 0.3) is 0 Å². The average Bonchev–Trinajstić information content (AvgIpc) is 2.88. The van der Waals surface area contributed by atoms with Crippen LogP contribution >= 0.6 is 0 Å². The van der Waals surface area contributed by atoms with Crippen LogP contribution in [-0.4, -0.2) is 57.4 Å². The van der Waals surface area contributed by atoms with Crippen molar-refractivity contribution in [2.45, 2.75) is 45.6 Å². The lowest BCUT2D eigenvalue weighted by Gasteiger charge is -2.23. The Balaban J connectivity index is 2.34. The standard InChI is InChI=1S/C13H28N2O3S/c1-3-8-14-9-6-11-19(16,17)15(4-2)12-13-7-5-10-18-13/h13-14H,3-12H2,1-2H3. The molecule has 0 aliphatic carbocycles. The van der Waals surface area contributed by atoms with Gasteiger partial charge in [0.2, 0.25) is 10.0 Å². The number of sulfonamides is 1. The molecule has 1 saturated heterocycles. The van der Waals surface area contributed by atoms with Crippen molar-refractivity contribution >= 4 is 10.0 Å². The molecular weight excluding hydrogens is 264 g/mol. The van der Waals surface area contributed by atoms with Gasteiger partial charge in [0, 0.05) is 19.7 Å². The first-order valence-corrected chi connectivity index (χ1v) is 9.01. The summed E-state index contributed by atoms with van der Waals surface area (Å²) in [5.74, 6) is 0.226. The van der Waals surface area contributed by atoms with Gasteiger partial charge >= 0.3 is 0 Å². The largest absolute Gasteiger partial charge is 0.377 e. The topological polar surface area (TPSA) is 58.6 Å². The van der Waals surface area contributed by atoms with Crippen LogP contribution in [-0.2, 0) is 14.8 Å². The Hall–Kier alpha value is -0.170. The van der Waals surface area contributed by atoms with E-state index in [0.717, 1.165) is 39.0 Å². The van der Waals surface area contributed by atoms with E-state index in [2.05, 4.69) is 12.2 Å². The number of nitrogens with zero attached hydrogens (tertiary/aromatic N) is 1. The molecule has 114 valence electrons. The summed E-state index contributed by atoms with van der Waals surface area (Å²) in [6.07, 6.45) is 3.86. The van der Waals surface area contributed by atoms with Crippen molar-refractivity contribution < 1.29 is 13.2 Å². The van der Waals surface area contributed by atoms with Crippen molar-refractivity contribution in [2.75, 3.05) is 38.5 Å². The highest BCUT2D eigenvalue weighted by Gasteiger charge is 2.25. The fourth-order valence-electron chi connectivity index (χ4n) is 2.27. The number of ether oxygens (including phenoxy) is 1. The minimum absolute atomic E-state index is 0.0907. The summed E-state index contributed by atoms with van der Waals surface area (Å²) in [6, 6.07) is 0. The maximum absolute atomic E-state index is 12.2. The Labute approximate surface area is 117 Å². The molecule has 0 aromatic carbocycles. The van der Waals surface area contributed by atoms with Crippen LogP contribution in [0.25, 0.3) is 0 Å². The van der Waals surface area contributed by atoms with Gasteiger partial charge in [-0.2, -0.15) is 4.31 Å². The summed E-state index contributed by atoms with van der Waals surface area (Å²) >= 11 is 0. The van der Waals surface area contributed by atoms with Gasteiger partial charge in [0.1, 0.15) is 0 Å². The van der Waals surface area contributed by atoms with Crippen molar-refractivity contribution in [2.24, 2.45) is 0 Å². The monoisotopic (exact) mass is 292 g/mol. The quantitative estimate of drug-likeness (QED) is 0.615. The molecule has 0 amide bonds. The number of hydrogen-bond acceptors (Lipinski definition) is 4. The summed E-state index contributed by atoms with van der Waals surface area (Å²) in [7, 11) is -3.13. The fourth-order valence-corrected chi connectivity index (χ4v) is 3.82. The number of rotatable bonds is 10. The van der Waals surface area contributed by atoms with Gasteiger partial charge in [-0.25, -0.2) is 8.42 Å². The zero-order valence-electron chi connectivity index (χ0n) is 12.2. The first kappa shape index (κ1) is 16.9. The maximum Gasteiger partial charge on any atom is 0.214 e. The highest BCUT2D eigenvalue weighted by Crippen LogP contribution is 2.15. The molecule has 0 bridgehead atoms. The summed E-state index contributed by atoms with van der Waals surface area (Å²) in [5.41, 5.74) is 0. The maximum atomic E-state index is 12.2. The Bertz CT molecular complexity index is 327. The van der Waals surface area contributed by atoms with Gasteiger partial charge in [0.15, 0.2) is 0 Å². The van der Waals surface area contributed by atoms with Crippen LogP contribution in [0, 0.1) is 0 Å². The second-order valence-electron chi connectivity index (χ2n) is 5.01. The molecule has 0 aromatic rings. The molecule has 1 N–H and O–H groups in total. The predicted molar refractivity (Wildman–Crippen MR) is 77.8 cm³/mol. The highest BCUT2D eigenvalue weighted by atomic mass is 32.2. The molecule has 19 heavy (non-hydrogen) atoms. The molecule has 6 heteroatoms. The molecule has 1 fully saturated rings. The second-order valence-corrected chi connectivity index (χ2v) is 7.09. The van der Waals surface area contributed by atoms with E-state index < -0.39 is 10.0 Å². The van der Waals surface area contributed by atoms with Crippen molar-refractivity contribution in [3.63, 3.8) is 0 Å². The second kappa shape index (κ2) is 8.89. The van der Waals surface area contributed by atoms with Crippen LogP contribution in [0.4, 0.5) is 0 Å². The third-order valence-corrected chi connectivity index (χ3v) is 5.36. The van der Waals surface area contributed by atoms with Crippen LogP contribution < -0.4 is 5.32 Å². The fraction of sp³-hybridized carbons (Fsp3) is 1.00. The Morgan fingerprint density at radius 2 is 2.11 bits per heavy atom. The van der Waals surface area contributed by atoms with Crippen molar-refractivity contribution in [1.82, 2.24) is 9.62 Å². The number of nitrogens with one attached hydrogen (secondary N) is 1. The molecule has 5 nitrogen and oxygen atoms in total. The first-order valence-electron chi connectivity index (χ1n) is 7.40. The molecule has 0 aromatic heterocycles. The summed E-state index contributed by atoms with van der Waals surface area (Å²) in [6.45, 7) is 7.53.